The first kappa shape index (κ1) is 15.2. The van der Waals surface area contributed by atoms with Crippen LogP contribution in [0.2, 0.25) is 0 Å². The van der Waals surface area contributed by atoms with E-state index < -0.39 is 0 Å². The van der Waals surface area contributed by atoms with Crippen LogP contribution in [0.5, 0.6) is 0 Å². The maximum absolute atomic E-state index is 5.13. The molecule has 0 aliphatic rings. The van der Waals surface area contributed by atoms with Gasteiger partial charge in [-0.3, -0.25) is 0 Å². The summed E-state index contributed by atoms with van der Waals surface area (Å²) in [5.74, 6) is 0. The van der Waals surface area contributed by atoms with Gasteiger partial charge in [0.05, 0.1) is 3.79 Å². The highest BCUT2D eigenvalue weighted by Gasteiger charge is 2.14. The van der Waals surface area contributed by atoms with Gasteiger partial charge in [0.1, 0.15) is 0 Å². The quantitative estimate of drug-likeness (QED) is 0.722. The number of hydrogen-bond acceptors (Lipinski definition) is 3. The largest absolute Gasteiger partial charge is 0.385 e. The highest BCUT2D eigenvalue weighted by atomic mass is 79.9. The summed E-state index contributed by atoms with van der Waals surface area (Å²) < 4.78 is 6.38. The molecule has 1 unspecified atom stereocenters. The molecule has 1 heterocycles. The molecule has 0 saturated carbocycles. The molecule has 0 fully saturated rings. The van der Waals surface area contributed by atoms with Crippen LogP contribution in [0.25, 0.3) is 0 Å². The van der Waals surface area contributed by atoms with E-state index in [1.165, 1.54) is 20.6 Å². The smallest absolute Gasteiger partial charge is 0.0731 e. The summed E-state index contributed by atoms with van der Waals surface area (Å²) in [7, 11) is 1.76. The first-order valence-corrected chi connectivity index (χ1v) is 7.78. The summed E-state index contributed by atoms with van der Waals surface area (Å²) in [6.07, 6.45) is 3.42. The van der Waals surface area contributed by atoms with Gasteiger partial charge in [-0.15, -0.1) is 11.3 Å². The van der Waals surface area contributed by atoms with Gasteiger partial charge >= 0.3 is 0 Å². The van der Waals surface area contributed by atoms with Gasteiger partial charge in [0.2, 0.25) is 0 Å². The van der Waals surface area contributed by atoms with Crippen LogP contribution in [-0.4, -0.2) is 20.3 Å². The molecule has 98 valence electrons. The minimum absolute atomic E-state index is 0.472. The van der Waals surface area contributed by atoms with Crippen molar-refractivity contribution in [2.75, 3.05) is 20.3 Å². The molecule has 0 spiro atoms. The van der Waals surface area contributed by atoms with Crippen molar-refractivity contribution >= 4 is 27.3 Å². The molecule has 17 heavy (non-hydrogen) atoms. The Morgan fingerprint density at radius 1 is 1.53 bits per heavy atom. The van der Waals surface area contributed by atoms with Crippen LogP contribution in [-0.2, 0) is 4.74 Å². The number of methoxy groups -OCH3 is 1. The van der Waals surface area contributed by atoms with E-state index in [9.17, 15) is 0 Å². The Balaban J connectivity index is 2.60. The Bertz CT molecular complexity index is 308. The fraction of sp³-hybridized carbons (Fsp3) is 0.692. The van der Waals surface area contributed by atoms with E-state index in [4.69, 9.17) is 4.74 Å². The number of thiophene rings is 1. The molecular formula is C13H22BrNOS. The third kappa shape index (κ3) is 5.08. The van der Waals surface area contributed by atoms with Crippen molar-refractivity contribution < 1.29 is 4.74 Å². The average Bonchev–Trinajstić information content (AvgIpc) is 2.64. The van der Waals surface area contributed by atoms with Crippen LogP contribution in [0.4, 0.5) is 0 Å². The molecule has 0 aliphatic carbocycles. The average molecular weight is 320 g/mol. The molecule has 0 radical (unpaired) electrons. The van der Waals surface area contributed by atoms with Crippen molar-refractivity contribution in [3.63, 3.8) is 0 Å². The zero-order chi connectivity index (χ0) is 12.7. The van der Waals surface area contributed by atoms with E-state index in [1.807, 2.05) is 11.3 Å². The molecule has 2 nitrogen and oxygen atoms in total. The molecule has 0 amide bonds. The monoisotopic (exact) mass is 319 g/mol. The predicted octanol–water partition coefficient (Wildman–Crippen LogP) is 4.29. The zero-order valence-electron chi connectivity index (χ0n) is 10.9. The highest BCUT2D eigenvalue weighted by molar-refractivity contribution is 9.11. The molecule has 0 saturated heterocycles. The molecule has 0 aliphatic heterocycles. The van der Waals surface area contributed by atoms with Crippen LogP contribution in [0.3, 0.4) is 0 Å². The summed E-state index contributed by atoms with van der Waals surface area (Å²) in [6.45, 7) is 6.27. The Kier molecular flexibility index (Phi) is 7.35. The lowest BCUT2D eigenvalue weighted by Gasteiger charge is -2.16. The van der Waals surface area contributed by atoms with Gasteiger partial charge in [-0.1, -0.05) is 6.92 Å². The van der Waals surface area contributed by atoms with E-state index in [0.29, 0.717) is 6.04 Å². The predicted molar refractivity (Wildman–Crippen MR) is 78.9 cm³/mol. The SMILES string of the molecule is CCCNC(CCCOC)c1cc(C)c(Br)s1. The second-order valence-corrected chi connectivity index (χ2v) is 6.65. The normalized spacial score (nSPS) is 12.9. The summed E-state index contributed by atoms with van der Waals surface area (Å²) >= 11 is 5.44. The first-order chi connectivity index (χ1) is 8.19. The third-order valence-corrected chi connectivity index (χ3v) is 4.95. The van der Waals surface area contributed by atoms with E-state index >= 15 is 0 Å². The van der Waals surface area contributed by atoms with Crippen molar-refractivity contribution in [3.8, 4) is 0 Å². The molecule has 0 aromatic carbocycles. The van der Waals surface area contributed by atoms with Gasteiger partial charge in [0.15, 0.2) is 0 Å². The van der Waals surface area contributed by atoms with Crippen molar-refractivity contribution in [2.45, 2.75) is 39.2 Å². The van der Waals surface area contributed by atoms with E-state index in [2.05, 4.69) is 41.2 Å². The molecule has 1 rings (SSSR count). The Hall–Kier alpha value is 0.1000. The fourth-order valence-corrected chi connectivity index (χ4v) is 3.43. The van der Waals surface area contributed by atoms with Crippen molar-refractivity contribution in [1.82, 2.24) is 5.32 Å². The van der Waals surface area contributed by atoms with Crippen molar-refractivity contribution in [3.05, 3.63) is 20.3 Å². The maximum Gasteiger partial charge on any atom is 0.0731 e. The highest BCUT2D eigenvalue weighted by Crippen LogP contribution is 2.33. The molecule has 1 aromatic heterocycles. The van der Waals surface area contributed by atoms with Gasteiger partial charge in [-0.2, -0.15) is 0 Å². The van der Waals surface area contributed by atoms with E-state index in [-0.39, 0.29) is 0 Å². The number of rotatable bonds is 8. The summed E-state index contributed by atoms with van der Waals surface area (Å²) in [6, 6.07) is 2.76. The summed E-state index contributed by atoms with van der Waals surface area (Å²) in [5.41, 5.74) is 1.33. The topological polar surface area (TPSA) is 21.3 Å². The van der Waals surface area contributed by atoms with Gasteiger partial charge in [0.25, 0.3) is 0 Å². The summed E-state index contributed by atoms with van der Waals surface area (Å²) in [4.78, 5) is 1.43. The lowest BCUT2D eigenvalue weighted by atomic mass is 10.1. The van der Waals surface area contributed by atoms with Crippen molar-refractivity contribution in [1.29, 1.82) is 0 Å². The fourth-order valence-electron chi connectivity index (χ4n) is 1.75. The first-order valence-electron chi connectivity index (χ1n) is 6.17. The lowest BCUT2D eigenvalue weighted by molar-refractivity contribution is 0.189. The van der Waals surface area contributed by atoms with Gasteiger partial charge in [-0.25, -0.2) is 0 Å². The zero-order valence-corrected chi connectivity index (χ0v) is 13.3. The van der Waals surface area contributed by atoms with Crippen LogP contribution in [0, 0.1) is 6.92 Å². The minimum atomic E-state index is 0.472. The number of hydrogen-bond donors (Lipinski definition) is 1. The number of halogens is 1. The van der Waals surface area contributed by atoms with Crippen LogP contribution in [0.1, 0.15) is 42.7 Å². The molecule has 0 bridgehead atoms. The maximum atomic E-state index is 5.13. The standard InChI is InChI=1S/C13H22BrNOS/c1-4-7-15-11(6-5-8-16-3)12-9-10(2)13(14)17-12/h9,11,15H,4-8H2,1-3H3. The number of nitrogens with one attached hydrogen (secondary N) is 1. The van der Waals surface area contributed by atoms with Crippen LogP contribution >= 0.6 is 27.3 Å². The number of ether oxygens (including phenoxy) is 1. The van der Waals surface area contributed by atoms with E-state index in [0.717, 1.165) is 26.0 Å². The summed E-state index contributed by atoms with van der Waals surface area (Å²) in [5, 5.41) is 3.62. The second kappa shape index (κ2) is 8.25. The Morgan fingerprint density at radius 2 is 2.29 bits per heavy atom. The Labute approximate surface area is 117 Å². The molecule has 4 heteroatoms. The lowest BCUT2D eigenvalue weighted by Crippen LogP contribution is -2.21. The van der Waals surface area contributed by atoms with Gasteiger partial charge in [0, 0.05) is 24.6 Å². The molecule has 1 aromatic rings. The van der Waals surface area contributed by atoms with E-state index in [1.54, 1.807) is 7.11 Å². The minimum Gasteiger partial charge on any atom is -0.385 e. The number of aryl methyl sites for hydroxylation is 1. The molecular weight excluding hydrogens is 298 g/mol. The molecule has 1 atom stereocenters. The van der Waals surface area contributed by atoms with Crippen LogP contribution in [0.15, 0.2) is 9.85 Å². The third-order valence-electron chi connectivity index (χ3n) is 2.70. The second-order valence-electron chi connectivity index (χ2n) is 4.25. The van der Waals surface area contributed by atoms with Crippen LogP contribution < -0.4 is 5.32 Å². The van der Waals surface area contributed by atoms with Crippen molar-refractivity contribution in [2.24, 2.45) is 0 Å². The van der Waals surface area contributed by atoms with Gasteiger partial charge in [-0.05, 0) is 60.3 Å². The van der Waals surface area contributed by atoms with Gasteiger partial charge < -0.3 is 10.1 Å². The Morgan fingerprint density at radius 3 is 2.82 bits per heavy atom. The molecule has 1 N–H and O–H groups in total.